The molecule has 2 unspecified atom stereocenters. The Labute approximate surface area is 156 Å². The maximum Gasteiger partial charge on any atom is 0.337 e. The average Bonchev–Trinajstić information content (AvgIpc) is 2.65. The van der Waals surface area contributed by atoms with Crippen LogP contribution < -0.4 is 0 Å². The van der Waals surface area contributed by atoms with Crippen molar-refractivity contribution >= 4 is 27.9 Å². The Bertz CT molecular complexity index is 829. The van der Waals surface area contributed by atoms with E-state index in [4.69, 9.17) is 0 Å². The van der Waals surface area contributed by atoms with Gasteiger partial charge in [-0.05, 0) is 30.5 Å². The number of nitrogens with zero attached hydrogens (tertiary/aromatic N) is 1. The van der Waals surface area contributed by atoms with Gasteiger partial charge in [0.2, 0.25) is 10.0 Å². The lowest BCUT2D eigenvalue weighted by molar-refractivity contribution is -0.143. The van der Waals surface area contributed by atoms with Crippen LogP contribution in [-0.4, -0.2) is 63.0 Å². The highest BCUT2D eigenvalue weighted by molar-refractivity contribution is 7.89. The molecule has 10 heteroatoms. The Morgan fingerprint density at radius 3 is 2.00 bits per heavy atom. The highest BCUT2D eigenvalue weighted by Gasteiger charge is 2.36. The Kier molecular flexibility index (Phi) is 6.22. The number of aliphatic carboxylic acids is 1. The van der Waals surface area contributed by atoms with Crippen LogP contribution in [0.4, 0.5) is 0 Å². The standard InChI is InChI=1S/C17H21NO8S/c1-10-4-13(15(19)20)9-18(8-10)27(23,24)14-6-11(16(21)25-2)5-12(7-14)17(22)26-3/h5-7,10,13H,4,8-9H2,1-3H3,(H,19,20). The zero-order chi connectivity index (χ0) is 20.4. The van der Waals surface area contributed by atoms with E-state index >= 15 is 0 Å². The van der Waals surface area contributed by atoms with Gasteiger partial charge in [-0.3, -0.25) is 4.79 Å². The largest absolute Gasteiger partial charge is 0.481 e. The molecule has 1 aromatic rings. The van der Waals surface area contributed by atoms with E-state index in [9.17, 15) is 27.9 Å². The maximum absolute atomic E-state index is 13.1. The van der Waals surface area contributed by atoms with Crippen LogP contribution >= 0.6 is 0 Å². The summed E-state index contributed by atoms with van der Waals surface area (Å²) >= 11 is 0. The number of benzene rings is 1. The Balaban J connectivity index is 2.52. The van der Waals surface area contributed by atoms with Gasteiger partial charge >= 0.3 is 17.9 Å². The van der Waals surface area contributed by atoms with Crippen LogP contribution in [0.2, 0.25) is 0 Å². The zero-order valence-corrected chi connectivity index (χ0v) is 16.0. The summed E-state index contributed by atoms with van der Waals surface area (Å²) in [6, 6.07) is 3.38. The van der Waals surface area contributed by atoms with Gasteiger partial charge in [0.15, 0.2) is 0 Å². The summed E-state index contributed by atoms with van der Waals surface area (Å²) in [6.45, 7) is 1.72. The molecule has 1 heterocycles. The smallest absolute Gasteiger partial charge is 0.337 e. The van der Waals surface area contributed by atoms with E-state index in [-0.39, 0.29) is 35.0 Å². The number of esters is 2. The van der Waals surface area contributed by atoms with E-state index in [1.807, 2.05) is 0 Å². The molecule has 0 amide bonds. The summed E-state index contributed by atoms with van der Waals surface area (Å²) < 4.78 is 36.4. The first kappa shape index (κ1) is 20.8. The molecule has 0 spiro atoms. The molecular formula is C17H21NO8S. The Morgan fingerprint density at radius 1 is 1.04 bits per heavy atom. The monoisotopic (exact) mass is 399 g/mol. The highest BCUT2D eigenvalue weighted by Crippen LogP contribution is 2.28. The summed E-state index contributed by atoms with van der Waals surface area (Å²) in [4.78, 5) is 34.8. The van der Waals surface area contributed by atoms with Crippen molar-refractivity contribution in [1.82, 2.24) is 4.31 Å². The van der Waals surface area contributed by atoms with Crippen LogP contribution in [0, 0.1) is 11.8 Å². The number of ether oxygens (including phenoxy) is 2. The van der Waals surface area contributed by atoms with E-state index in [1.54, 1.807) is 6.92 Å². The van der Waals surface area contributed by atoms with E-state index in [2.05, 4.69) is 9.47 Å². The number of sulfonamides is 1. The molecule has 1 fully saturated rings. The topological polar surface area (TPSA) is 127 Å². The van der Waals surface area contributed by atoms with Crippen LogP contribution in [-0.2, 0) is 24.3 Å². The summed E-state index contributed by atoms with van der Waals surface area (Å²) in [5, 5.41) is 9.26. The van der Waals surface area contributed by atoms with Gasteiger partial charge in [0, 0.05) is 13.1 Å². The number of hydrogen-bond acceptors (Lipinski definition) is 7. The number of carbonyl (C=O) groups excluding carboxylic acids is 2. The fourth-order valence-electron chi connectivity index (χ4n) is 3.05. The van der Waals surface area contributed by atoms with E-state index in [0.29, 0.717) is 6.42 Å². The highest BCUT2D eigenvalue weighted by atomic mass is 32.2. The second-order valence-electron chi connectivity index (χ2n) is 6.43. The van der Waals surface area contributed by atoms with Crippen molar-refractivity contribution < 1.29 is 37.4 Å². The molecular weight excluding hydrogens is 378 g/mol. The second kappa shape index (κ2) is 8.05. The van der Waals surface area contributed by atoms with E-state index in [1.165, 1.54) is 6.07 Å². The molecule has 2 rings (SSSR count). The van der Waals surface area contributed by atoms with Gasteiger partial charge in [-0.15, -0.1) is 0 Å². The molecule has 1 N–H and O–H groups in total. The minimum Gasteiger partial charge on any atom is -0.481 e. The quantitative estimate of drug-likeness (QED) is 0.726. The first-order valence-electron chi connectivity index (χ1n) is 8.14. The zero-order valence-electron chi connectivity index (χ0n) is 15.2. The number of piperidine rings is 1. The van der Waals surface area contributed by atoms with Crippen molar-refractivity contribution in [3.05, 3.63) is 29.3 Å². The Morgan fingerprint density at radius 2 is 1.56 bits per heavy atom. The number of carboxylic acids is 1. The van der Waals surface area contributed by atoms with Crippen LogP contribution in [0.25, 0.3) is 0 Å². The van der Waals surface area contributed by atoms with Crippen molar-refractivity contribution in [2.24, 2.45) is 11.8 Å². The summed E-state index contributed by atoms with van der Waals surface area (Å²) in [6.07, 6.45) is 0.372. The number of carboxylic acid groups (broad SMARTS) is 1. The molecule has 0 bridgehead atoms. The van der Waals surface area contributed by atoms with Gasteiger partial charge in [-0.1, -0.05) is 6.92 Å². The second-order valence-corrected chi connectivity index (χ2v) is 8.37. The summed E-state index contributed by atoms with van der Waals surface area (Å²) in [5.74, 6) is -3.67. The first-order chi connectivity index (χ1) is 12.6. The lowest BCUT2D eigenvalue weighted by Crippen LogP contribution is -2.45. The van der Waals surface area contributed by atoms with Gasteiger partial charge in [-0.25, -0.2) is 18.0 Å². The molecule has 0 aromatic heterocycles. The van der Waals surface area contributed by atoms with Gasteiger partial charge < -0.3 is 14.6 Å². The molecule has 27 heavy (non-hydrogen) atoms. The SMILES string of the molecule is COC(=O)c1cc(C(=O)OC)cc(S(=O)(=O)N2CC(C)CC(C(=O)O)C2)c1. The molecule has 1 aromatic carbocycles. The molecule has 1 saturated heterocycles. The molecule has 0 saturated carbocycles. The molecule has 9 nitrogen and oxygen atoms in total. The number of carbonyl (C=O) groups is 3. The van der Waals surface area contributed by atoms with Gasteiger partial charge in [0.05, 0.1) is 36.2 Å². The molecule has 0 aliphatic carbocycles. The predicted molar refractivity (Wildman–Crippen MR) is 92.8 cm³/mol. The number of rotatable bonds is 5. The lowest BCUT2D eigenvalue weighted by Gasteiger charge is -2.33. The van der Waals surface area contributed by atoms with Crippen LogP contribution in [0.1, 0.15) is 34.1 Å². The van der Waals surface area contributed by atoms with Crippen molar-refractivity contribution in [3.8, 4) is 0 Å². The minimum absolute atomic E-state index is 0.126. The van der Waals surface area contributed by atoms with Crippen molar-refractivity contribution in [2.75, 3.05) is 27.3 Å². The first-order valence-corrected chi connectivity index (χ1v) is 9.58. The van der Waals surface area contributed by atoms with Gasteiger partial charge in [0.1, 0.15) is 0 Å². The fraction of sp³-hybridized carbons (Fsp3) is 0.471. The minimum atomic E-state index is -4.14. The van der Waals surface area contributed by atoms with Gasteiger partial charge in [0.25, 0.3) is 0 Å². The molecule has 148 valence electrons. The predicted octanol–water partition coefficient (Wildman–Crippen LogP) is 0.991. The van der Waals surface area contributed by atoms with Crippen molar-refractivity contribution in [2.45, 2.75) is 18.2 Å². The molecule has 1 aliphatic heterocycles. The normalized spacial score (nSPS) is 20.7. The summed E-state index contributed by atoms with van der Waals surface area (Å²) in [7, 11) is -1.88. The third kappa shape index (κ3) is 4.45. The maximum atomic E-state index is 13.1. The van der Waals surface area contributed by atoms with E-state index < -0.39 is 33.8 Å². The lowest BCUT2D eigenvalue weighted by atomic mass is 9.92. The third-order valence-electron chi connectivity index (χ3n) is 4.36. The van der Waals surface area contributed by atoms with Crippen molar-refractivity contribution in [3.63, 3.8) is 0 Å². The van der Waals surface area contributed by atoms with Crippen LogP contribution in [0.3, 0.4) is 0 Å². The Hall–Kier alpha value is -2.46. The van der Waals surface area contributed by atoms with Gasteiger partial charge in [-0.2, -0.15) is 4.31 Å². The van der Waals surface area contributed by atoms with Crippen molar-refractivity contribution in [1.29, 1.82) is 0 Å². The molecule has 2 atom stereocenters. The molecule has 0 radical (unpaired) electrons. The summed E-state index contributed by atoms with van der Waals surface area (Å²) in [5.41, 5.74) is -0.252. The van der Waals surface area contributed by atoms with Crippen LogP contribution in [0.15, 0.2) is 23.1 Å². The number of hydrogen-bond donors (Lipinski definition) is 1. The fourth-order valence-corrected chi connectivity index (χ4v) is 4.72. The third-order valence-corrected chi connectivity index (χ3v) is 6.17. The van der Waals surface area contributed by atoms with Crippen LogP contribution in [0.5, 0.6) is 0 Å². The van der Waals surface area contributed by atoms with E-state index in [0.717, 1.165) is 30.7 Å². The molecule has 1 aliphatic rings. The average molecular weight is 399 g/mol. The number of methoxy groups -OCH3 is 2.